The summed E-state index contributed by atoms with van der Waals surface area (Å²) in [6.07, 6.45) is 0.589. The minimum absolute atomic E-state index is 0.0158. The highest BCUT2D eigenvalue weighted by Gasteiger charge is 2.50. The number of anilines is 4. The van der Waals surface area contributed by atoms with Crippen molar-refractivity contribution in [2.45, 2.75) is 127 Å². The van der Waals surface area contributed by atoms with Crippen molar-refractivity contribution >= 4 is 105 Å². The van der Waals surface area contributed by atoms with Crippen molar-refractivity contribution in [3.8, 4) is 0 Å². The summed E-state index contributed by atoms with van der Waals surface area (Å²) in [4.78, 5) is 109. The van der Waals surface area contributed by atoms with Crippen LogP contribution in [0.1, 0.15) is 137 Å². The third-order valence-electron chi connectivity index (χ3n) is 20.2. The van der Waals surface area contributed by atoms with E-state index in [4.69, 9.17) is 34.8 Å². The number of amides is 8. The van der Waals surface area contributed by atoms with Crippen molar-refractivity contribution in [2.24, 2.45) is 0 Å². The van der Waals surface area contributed by atoms with Crippen molar-refractivity contribution < 1.29 is 103 Å². The van der Waals surface area contributed by atoms with Crippen molar-refractivity contribution in [2.75, 3.05) is 80.3 Å². The van der Waals surface area contributed by atoms with Crippen LogP contribution < -0.4 is 20.9 Å². The topological polar surface area (TPSA) is 283 Å². The molecular weight excluding hydrogens is 1620 g/mol. The number of nitrogens with zero attached hydrogens (tertiary/aromatic N) is 6. The number of aliphatic hydroxyl groups is 4. The zero-order valence-corrected chi connectivity index (χ0v) is 66.6. The highest BCUT2D eigenvalue weighted by atomic mass is 35.5. The fraction of sp³-hybridized carbons (Fsp3) is 0.345. The first kappa shape index (κ1) is 91.4. The molecule has 4 fully saturated rings. The van der Waals surface area contributed by atoms with E-state index in [1.165, 1.54) is 106 Å². The molecule has 0 radical (unpaired) electrons. The van der Waals surface area contributed by atoms with E-state index in [0.717, 1.165) is 62.2 Å². The third-order valence-corrected chi connectivity index (χ3v) is 20.9. The Labute approximate surface area is 687 Å². The fourth-order valence-corrected chi connectivity index (χ4v) is 13.5. The first-order chi connectivity index (χ1) is 55.6. The number of nitrogens with one attached hydrogen (secondary N) is 3. The molecule has 8 amide bonds. The van der Waals surface area contributed by atoms with Gasteiger partial charge in [-0.1, -0.05) is 59.1 Å². The van der Waals surface area contributed by atoms with E-state index in [0.29, 0.717) is 21.4 Å². The first-order valence-electron chi connectivity index (χ1n) is 37.2. The van der Waals surface area contributed by atoms with E-state index in [2.05, 4.69) is 20.9 Å². The second-order valence-electron chi connectivity index (χ2n) is 28.7. The summed E-state index contributed by atoms with van der Waals surface area (Å²) in [6, 6.07) is 34.0. The third kappa shape index (κ3) is 22.8. The number of carbonyl (C=O) groups is 8. The summed E-state index contributed by atoms with van der Waals surface area (Å²) in [5, 5.41) is 46.6. The second kappa shape index (κ2) is 39.4. The predicted octanol–water partition coefficient (Wildman–Crippen LogP) is 14.9. The van der Waals surface area contributed by atoms with Gasteiger partial charge in [0.2, 0.25) is 0 Å². The molecule has 7 aromatic carbocycles. The number of piperidine rings is 4. The van der Waals surface area contributed by atoms with E-state index < -0.39 is 129 Å². The Hall–Kier alpha value is -10.5. The summed E-state index contributed by atoms with van der Waals surface area (Å²) in [7, 11) is 1.54. The first-order valence-corrected chi connectivity index (χ1v) is 38.4. The maximum absolute atomic E-state index is 15.1. The molecule has 118 heavy (non-hydrogen) atoms. The molecule has 4 aliphatic rings. The van der Waals surface area contributed by atoms with Gasteiger partial charge in [-0.25, -0.2) is 13.8 Å². The van der Waals surface area contributed by atoms with Crippen LogP contribution in [0.3, 0.4) is 0 Å². The monoisotopic (exact) mass is 1710 g/mol. The quantitative estimate of drug-likeness (QED) is 0.0444. The molecule has 0 bridgehead atoms. The molecule has 12 rings (SSSR count). The summed E-state index contributed by atoms with van der Waals surface area (Å²) in [5.41, 5.74) is -0.710. The standard InChI is InChI=1S/C22H23ClF2N2O3.C21H20ClF3N2O3.C21H21ClF2N2O3.C20H20F3N3O3/c1-14-3-4-15(20(29)26(2)17-7-5-16(23)6-8-17)13-19(14)22(24,25)21(30)27-11-9-18(28)10-12-27;1-12-2-3-13(19(29)26-18-5-4-14(22)11-17(18)23)10-16(12)21(24,25)20(30)27-8-6-15(28)7-9-27;1-13-2-3-14(19(28)25-16-6-4-15(22)5-7-16)12-18(13)21(23,24)20(29)26-10-8-17(27)9-11-26;1-12-2-3-13(18(28)25-17-5-4-14(21)11-24-17)10-16(12)20(22,23)19(29)26-8-6-15(27)7-9-26/h3-8,13,18,28H,9-12H2,1-2H3;2-5,10-11,15,28H,6-9H2,1H3,(H,26,29);2-7,12,17,27H,8-11H2,1H3,(H,25,28);2-5,10-11,15,27H,6-9H2,1H3,(H,24,25,28). The lowest BCUT2D eigenvalue weighted by Crippen LogP contribution is -2.47. The van der Waals surface area contributed by atoms with Crippen LogP contribution in [-0.2, 0) is 42.9 Å². The minimum atomic E-state index is -3.85. The van der Waals surface area contributed by atoms with Gasteiger partial charge in [0, 0.05) is 130 Å². The number of rotatable bonds is 16. The Morgan fingerprint density at radius 1 is 0.390 bits per heavy atom. The van der Waals surface area contributed by atoms with Crippen molar-refractivity contribution in [3.63, 3.8) is 0 Å². The number of pyridine rings is 1. The van der Waals surface area contributed by atoms with Gasteiger partial charge in [0.15, 0.2) is 0 Å². The highest BCUT2D eigenvalue weighted by Crippen LogP contribution is 2.40. The summed E-state index contributed by atoms with van der Waals surface area (Å²) < 4.78 is 147. The lowest BCUT2D eigenvalue weighted by Gasteiger charge is -2.32. The molecular formula is C84H84Cl3F10N9O12. The van der Waals surface area contributed by atoms with Gasteiger partial charge in [-0.3, -0.25) is 38.4 Å². The lowest BCUT2D eigenvalue weighted by atomic mass is 9.97. The number of alkyl halides is 8. The normalized spacial score (nSPS) is 15.2. The van der Waals surface area contributed by atoms with E-state index in [-0.39, 0.29) is 165 Å². The van der Waals surface area contributed by atoms with Gasteiger partial charge in [-0.15, -0.1) is 0 Å². The van der Waals surface area contributed by atoms with Crippen LogP contribution in [0, 0.1) is 39.3 Å². The Balaban J connectivity index is 0.000000179. The number of benzene rings is 7. The molecule has 34 heteroatoms. The molecule has 4 aliphatic heterocycles. The number of carbonyl (C=O) groups excluding carboxylic acids is 8. The Bertz CT molecular complexity index is 4820. The molecule has 21 nitrogen and oxygen atoms in total. The average molecular weight is 1710 g/mol. The molecule has 4 saturated heterocycles. The number of aromatic nitrogens is 1. The fourth-order valence-electron chi connectivity index (χ4n) is 13.1. The predicted molar refractivity (Wildman–Crippen MR) is 423 cm³/mol. The van der Waals surface area contributed by atoms with Crippen molar-refractivity contribution in [3.05, 3.63) is 251 Å². The highest BCUT2D eigenvalue weighted by molar-refractivity contribution is 6.31. The van der Waals surface area contributed by atoms with E-state index in [1.54, 1.807) is 48.5 Å². The van der Waals surface area contributed by atoms with Gasteiger partial charge in [0.1, 0.15) is 17.5 Å². The molecule has 1 aromatic heterocycles. The Morgan fingerprint density at radius 2 is 0.695 bits per heavy atom. The van der Waals surface area contributed by atoms with Gasteiger partial charge in [0.05, 0.1) is 36.3 Å². The largest absolute Gasteiger partial charge is 0.393 e. The number of aliphatic hydroxyl groups excluding tert-OH is 4. The van der Waals surface area contributed by atoms with Crippen molar-refractivity contribution in [1.82, 2.24) is 24.6 Å². The van der Waals surface area contributed by atoms with Gasteiger partial charge >= 0.3 is 23.7 Å². The molecule has 0 unspecified atom stereocenters. The molecule has 0 spiro atoms. The van der Waals surface area contributed by atoms with Crippen LogP contribution in [0.2, 0.25) is 15.1 Å². The summed E-state index contributed by atoms with van der Waals surface area (Å²) in [6.45, 7) is 6.25. The number of hydrogen-bond donors (Lipinski definition) is 7. The molecule has 0 atom stereocenters. The number of halogens is 13. The SMILES string of the molecule is Cc1ccc(C(=O)N(C)c2ccc(Cl)cc2)cc1C(F)(F)C(=O)N1CCC(O)CC1.Cc1ccc(C(=O)Nc2ccc(Cl)cc2)cc1C(F)(F)C(=O)N1CCC(O)CC1.Cc1ccc(C(=O)Nc2ccc(Cl)cc2F)cc1C(F)(F)C(=O)N1CCC(O)CC1.Cc1ccc(C(=O)Nc2ccc(F)cn2)cc1C(F)(F)C(=O)N1CCC(O)CC1. The molecule has 628 valence electrons. The number of likely N-dealkylation sites (tertiary alicyclic amines) is 4. The summed E-state index contributed by atoms with van der Waals surface area (Å²) in [5.74, 6) is -24.4. The minimum Gasteiger partial charge on any atom is -0.393 e. The van der Waals surface area contributed by atoms with Gasteiger partial charge in [-0.05, 0) is 229 Å². The molecule has 7 N–H and O–H groups in total. The molecule has 0 saturated carbocycles. The Kier molecular flexibility index (Phi) is 30.5. The van der Waals surface area contributed by atoms with Gasteiger partial charge in [-0.2, -0.15) is 35.1 Å². The number of hydrogen-bond acceptors (Lipinski definition) is 13. The smallest absolute Gasteiger partial charge is 0.350 e. The van der Waals surface area contributed by atoms with Crippen LogP contribution >= 0.6 is 34.8 Å². The zero-order valence-electron chi connectivity index (χ0n) is 64.3. The Morgan fingerprint density at radius 3 is 1.03 bits per heavy atom. The van der Waals surface area contributed by atoms with E-state index >= 15 is 26.3 Å². The molecule has 5 heterocycles. The van der Waals surface area contributed by atoms with Crippen LogP contribution in [0.25, 0.3) is 0 Å². The molecule has 0 aliphatic carbocycles. The second-order valence-corrected chi connectivity index (χ2v) is 30.0. The maximum atomic E-state index is 15.1. The van der Waals surface area contributed by atoms with Gasteiger partial charge in [0.25, 0.3) is 47.3 Å². The van der Waals surface area contributed by atoms with Crippen LogP contribution in [0.4, 0.5) is 66.8 Å². The molecule has 8 aromatic rings. The van der Waals surface area contributed by atoms with Gasteiger partial charge < -0.3 is 60.9 Å². The lowest BCUT2D eigenvalue weighted by molar-refractivity contribution is -0.161. The maximum Gasteiger partial charge on any atom is 0.350 e. The summed E-state index contributed by atoms with van der Waals surface area (Å²) >= 11 is 17.4. The van der Waals surface area contributed by atoms with Crippen LogP contribution in [0.5, 0.6) is 0 Å². The van der Waals surface area contributed by atoms with E-state index in [1.807, 2.05) is 0 Å². The average Bonchev–Trinajstić information content (AvgIpc) is 0.790. The van der Waals surface area contributed by atoms with Crippen LogP contribution in [-0.4, -0.2) is 176 Å². The van der Waals surface area contributed by atoms with Crippen LogP contribution in [0.15, 0.2) is 158 Å². The zero-order chi connectivity index (χ0) is 86.5. The number of aryl methyl sites for hydroxylation is 4. The van der Waals surface area contributed by atoms with E-state index in [9.17, 15) is 76.3 Å². The van der Waals surface area contributed by atoms with Crippen molar-refractivity contribution in [1.29, 1.82) is 0 Å².